The number of rotatable bonds is 2. The van der Waals surface area contributed by atoms with Crippen LogP contribution in [0.15, 0.2) is 6.20 Å². The van der Waals surface area contributed by atoms with Gasteiger partial charge in [-0.2, -0.15) is 0 Å². The smallest absolute Gasteiger partial charge is 0.131 e. The fourth-order valence-electron chi connectivity index (χ4n) is 2.79. The summed E-state index contributed by atoms with van der Waals surface area (Å²) in [6.45, 7) is 4.18. The molecule has 2 N–H and O–H groups in total. The summed E-state index contributed by atoms with van der Waals surface area (Å²) >= 11 is 0. The van der Waals surface area contributed by atoms with E-state index in [1.165, 1.54) is 24.9 Å². The molecular formula is C14H22N4. The van der Waals surface area contributed by atoms with Crippen LogP contribution in [-0.2, 0) is 0 Å². The van der Waals surface area contributed by atoms with E-state index in [9.17, 15) is 0 Å². The third-order valence-corrected chi connectivity index (χ3v) is 4.32. The first kappa shape index (κ1) is 11.9. The molecule has 1 aliphatic carbocycles. The summed E-state index contributed by atoms with van der Waals surface area (Å²) in [5.41, 5.74) is 8.27. The second kappa shape index (κ2) is 4.84. The molecular weight excluding hydrogens is 224 g/mol. The van der Waals surface area contributed by atoms with Crippen LogP contribution in [-0.4, -0.2) is 29.1 Å². The SMILES string of the molecule is Cc1nc(C2CCC2)ncc1N1CCC(N)CC1. The highest BCUT2D eigenvalue weighted by Gasteiger charge is 2.24. The molecule has 4 nitrogen and oxygen atoms in total. The Morgan fingerprint density at radius 3 is 2.50 bits per heavy atom. The highest BCUT2D eigenvalue weighted by Crippen LogP contribution is 2.35. The molecule has 2 fully saturated rings. The normalized spacial score (nSPS) is 22.0. The van der Waals surface area contributed by atoms with Gasteiger partial charge in [0, 0.05) is 25.0 Å². The first-order chi connectivity index (χ1) is 8.74. The maximum atomic E-state index is 5.94. The van der Waals surface area contributed by atoms with Gasteiger partial charge in [-0.15, -0.1) is 0 Å². The molecule has 1 saturated heterocycles. The maximum absolute atomic E-state index is 5.94. The number of piperidine rings is 1. The monoisotopic (exact) mass is 246 g/mol. The highest BCUT2D eigenvalue weighted by atomic mass is 15.2. The van der Waals surface area contributed by atoms with Crippen LogP contribution >= 0.6 is 0 Å². The predicted molar refractivity (Wildman–Crippen MR) is 72.8 cm³/mol. The van der Waals surface area contributed by atoms with Gasteiger partial charge in [0.2, 0.25) is 0 Å². The van der Waals surface area contributed by atoms with Crippen LogP contribution in [0.1, 0.15) is 49.5 Å². The summed E-state index contributed by atoms with van der Waals surface area (Å²) in [6.07, 6.45) is 8.02. The molecule has 18 heavy (non-hydrogen) atoms. The Morgan fingerprint density at radius 2 is 1.94 bits per heavy atom. The number of hydrogen-bond donors (Lipinski definition) is 1. The van der Waals surface area contributed by atoms with Gasteiger partial charge in [0.25, 0.3) is 0 Å². The minimum absolute atomic E-state index is 0.372. The van der Waals surface area contributed by atoms with Gasteiger partial charge < -0.3 is 10.6 Å². The Kier molecular flexibility index (Phi) is 3.20. The molecule has 0 radical (unpaired) electrons. The molecule has 0 atom stereocenters. The average Bonchev–Trinajstić information content (AvgIpc) is 2.29. The number of nitrogens with zero attached hydrogens (tertiary/aromatic N) is 3. The van der Waals surface area contributed by atoms with Gasteiger partial charge in [-0.1, -0.05) is 6.42 Å². The molecule has 2 heterocycles. The molecule has 1 aliphatic heterocycles. The third kappa shape index (κ3) is 2.21. The van der Waals surface area contributed by atoms with E-state index in [4.69, 9.17) is 10.7 Å². The van der Waals surface area contributed by atoms with Crippen LogP contribution in [0.3, 0.4) is 0 Å². The van der Waals surface area contributed by atoms with Crippen molar-refractivity contribution in [2.24, 2.45) is 5.73 Å². The lowest BCUT2D eigenvalue weighted by molar-refractivity contribution is 0.400. The van der Waals surface area contributed by atoms with E-state index in [0.29, 0.717) is 12.0 Å². The average molecular weight is 246 g/mol. The van der Waals surface area contributed by atoms with Crippen LogP contribution in [0, 0.1) is 6.92 Å². The Bertz CT molecular complexity index is 420. The molecule has 0 spiro atoms. The summed E-state index contributed by atoms with van der Waals surface area (Å²) in [6, 6.07) is 0.372. The van der Waals surface area contributed by atoms with Crippen molar-refractivity contribution in [2.45, 2.75) is 51.0 Å². The predicted octanol–water partition coefficient (Wildman–Crippen LogP) is 1.98. The number of hydrogen-bond acceptors (Lipinski definition) is 4. The zero-order valence-electron chi connectivity index (χ0n) is 11.1. The van der Waals surface area contributed by atoms with Crippen molar-refractivity contribution in [3.05, 3.63) is 17.7 Å². The topological polar surface area (TPSA) is 55.0 Å². The number of anilines is 1. The van der Waals surface area contributed by atoms with Crippen LogP contribution in [0.5, 0.6) is 0 Å². The van der Waals surface area contributed by atoms with Crippen molar-refractivity contribution in [3.63, 3.8) is 0 Å². The van der Waals surface area contributed by atoms with Gasteiger partial charge in [-0.3, -0.25) is 0 Å². The van der Waals surface area contributed by atoms with Crippen molar-refractivity contribution in [2.75, 3.05) is 18.0 Å². The van der Waals surface area contributed by atoms with E-state index < -0.39 is 0 Å². The van der Waals surface area contributed by atoms with Gasteiger partial charge in [0.15, 0.2) is 0 Å². The Morgan fingerprint density at radius 1 is 1.22 bits per heavy atom. The van der Waals surface area contributed by atoms with Gasteiger partial charge in [0.05, 0.1) is 17.6 Å². The van der Waals surface area contributed by atoms with Crippen LogP contribution < -0.4 is 10.6 Å². The highest BCUT2D eigenvalue weighted by molar-refractivity contribution is 5.49. The minimum Gasteiger partial charge on any atom is -0.369 e. The van der Waals surface area contributed by atoms with E-state index in [1.54, 1.807) is 0 Å². The van der Waals surface area contributed by atoms with Crippen molar-refractivity contribution >= 4 is 5.69 Å². The summed E-state index contributed by atoms with van der Waals surface area (Å²) in [4.78, 5) is 11.7. The molecule has 0 amide bonds. The Labute approximate surface area is 109 Å². The van der Waals surface area contributed by atoms with Gasteiger partial charge in [-0.25, -0.2) is 9.97 Å². The van der Waals surface area contributed by atoms with Crippen molar-refractivity contribution in [1.82, 2.24) is 9.97 Å². The second-order valence-corrected chi connectivity index (χ2v) is 5.65. The molecule has 0 bridgehead atoms. The Hall–Kier alpha value is -1.16. The van der Waals surface area contributed by atoms with E-state index in [-0.39, 0.29) is 0 Å². The largest absolute Gasteiger partial charge is 0.369 e. The molecule has 98 valence electrons. The first-order valence-corrected chi connectivity index (χ1v) is 7.08. The fourth-order valence-corrected chi connectivity index (χ4v) is 2.79. The van der Waals surface area contributed by atoms with E-state index in [1.807, 2.05) is 6.20 Å². The quantitative estimate of drug-likeness (QED) is 0.867. The minimum atomic E-state index is 0.372. The number of aryl methyl sites for hydroxylation is 1. The lowest BCUT2D eigenvalue weighted by atomic mass is 9.85. The summed E-state index contributed by atoms with van der Waals surface area (Å²) in [7, 11) is 0. The van der Waals surface area contributed by atoms with Gasteiger partial charge >= 0.3 is 0 Å². The second-order valence-electron chi connectivity index (χ2n) is 5.65. The van der Waals surface area contributed by atoms with Crippen LogP contribution in [0.2, 0.25) is 0 Å². The first-order valence-electron chi connectivity index (χ1n) is 7.08. The fraction of sp³-hybridized carbons (Fsp3) is 0.714. The van der Waals surface area contributed by atoms with Gasteiger partial charge in [-0.05, 0) is 32.6 Å². The summed E-state index contributed by atoms with van der Waals surface area (Å²) in [5.74, 6) is 1.67. The Balaban J connectivity index is 1.76. The lowest BCUT2D eigenvalue weighted by Crippen LogP contribution is -2.40. The van der Waals surface area contributed by atoms with Crippen LogP contribution in [0.25, 0.3) is 0 Å². The zero-order valence-corrected chi connectivity index (χ0v) is 11.1. The standard InChI is InChI=1S/C14H22N4/c1-10-13(18-7-5-12(15)6-8-18)9-16-14(17-10)11-3-2-4-11/h9,11-12H,2-8,15H2,1H3. The molecule has 1 saturated carbocycles. The molecule has 2 aliphatic rings. The number of nitrogens with two attached hydrogens (primary N) is 1. The third-order valence-electron chi connectivity index (χ3n) is 4.32. The maximum Gasteiger partial charge on any atom is 0.131 e. The van der Waals surface area contributed by atoms with Crippen molar-refractivity contribution < 1.29 is 0 Å². The summed E-state index contributed by atoms with van der Waals surface area (Å²) in [5, 5.41) is 0. The molecule has 0 aromatic carbocycles. The van der Waals surface area contributed by atoms with E-state index >= 15 is 0 Å². The molecule has 0 unspecified atom stereocenters. The van der Waals surface area contributed by atoms with Crippen molar-refractivity contribution in [3.8, 4) is 0 Å². The van der Waals surface area contributed by atoms with Gasteiger partial charge in [0.1, 0.15) is 5.82 Å². The summed E-state index contributed by atoms with van der Waals surface area (Å²) < 4.78 is 0. The molecule has 3 rings (SSSR count). The lowest BCUT2D eigenvalue weighted by Gasteiger charge is -2.33. The molecule has 1 aromatic heterocycles. The van der Waals surface area contributed by atoms with E-state index in [0.717, 1.165) is 37.4 Å². The van der Waals surface area contributed by atoms with E-state index in [2.05, 4.69) is 16.8 Å². The zero-order chi connectivity index (χ0) is 12.5. The molecule has 4 heteroatoms. The van der Waals surface area contributed by atoms with Crippen LogP contribution in [0.4, 0.5) is 5.69 Å². The number of aromatic nitrogens is 2. The van der Waals surface area contributed by atoms with Crippen molar-refractivity contribution in [1.29, 1.82) is 0 Å². The molecule has 1 aromatic rings.